The average molecular weight is 312 g/mol. The number of ether oxygens (including phenoxy) is 2. The fraction of sp³-hybridized carbons (Fsp3) is 0.526. The number of nitrogens with zero attached hydrogens (tertiary/aromatic N) is 2. The van der Waals surface area contributed by atoms with E-state index in [1.54, 1.807) is 7.11 Å². The quantitative estimate of drug-likeness (QED) is 0.872. The highest BCUT2D eigenvalue weighted by atomic mass is 16.6. The molecule has 4 nitrogen and oxygen atoms in total. The molecule has 2 aromatic rings. The van der Waals surface area contributed by atoms with Gasteiger partial charge in [-0.2, -0.15) is 0 Å². The van der Waals surface area contributed by atoms with Crippen molar-refractivity contribution in [1.29, 1.82) is 0 Å². The first-order valence-electron chi connectivity index (χ1n) is 8.50. The number of fused-ring (bicyclic) bond motifs is 1. The summed E-state index contributed by atoms with van der Waals surface area (Å²) in [5.74, 6) is 0. The van der Waals surface area contributed by atoms with Gasteiger partial charge in [-0.05, 0) is 25.0 Å². The van der Waals surface area contributed by atoms with Crippen molar-refractivity contribution in [3.8, 4) is 0 Å². The van der Waals surface area contributed by atoms with Crippen LogP contribution in [0.2, 0.25) is 0 Å². The molecule has 0 amide bonds. The van der Waals surface area contributed by atoms with E-state index in [2.05, 4.69) is 35.2 Å². The standard InChI is InChI=1S/C19H24N2O2/c1-22-17-12-19(23-14-17)8-10-21(11-9-19)13-16-7-6-15-4-2-3-5-18(15)20-16/h2-7,17H,8-14H2,1H3/t17-/m1/s1. The molecule has 0 radical (unpaired) electrons. The summed E-state index contributed by atoms with van der Waals surface area (Å²) in [4.78, 5) is 7.28. The second-order valence-electron chi connectivity index (χ2n) is 6.83. The molecule has 1 spiro atoms. The maximum atomic E-state index is 6.07. The van der Waals surface area contributed by atoms with Crippen LogP contribution in [-0.4, -0.2) is 48.4 Å². The average Bonchev–Trinajstić information content (AvgIpc) is 3.00. The number of hydrogen-bond donors (Lipinski definition) is 0. The summed E-state index contributed by atoms with van der Waals surface area (Å²) in [7, 11) is 1.79. The lowest BCUT2D eigenvalue weighted by molar-refractivity contribution is -0.0461. The zero-order valence-electron chi connectivity index (χ0n) is 13.7. The van der Waals surface area contributed by atoms with Crippen molar-refractivity contribution >= 4 is 10.9 Å². The summed E-state index contributed by atoms with van der Waals surface area (Å²) >= 11 is 0. The molecule has 122 valence electrons. The Morgan fingerprint density at radius 2 is 2.04 bits per heavy atom. The Hall–Kier alpha value is -1.49. The van der Waals surface area contributed by atoms with Crippen molar-refractivity contribution in [3.63, 3.8) is 0 Å². The van der Waals surface area contributed by atoms with Gasteiger partial charge in [0.05, 0.1) is 29.5 Å². The largest absolute Gasteiger partial charge is 0.379 e. The Morgan fingerprint density at radius 1 is 1.22 bits per heavy atom. The minimum absolute atomic E-state index is 0.0635. The number of methoxy groups -OCH3 is 1. The van der Waals surface area contributed by atoms with Gasteiger partial charge in [0.2, 0.25) is 0 Å². The minimum Gasteiger partial charge on any atom is -0.379 e. The van der Waals surface area contributed by atoms with E-state index in [4.69, 9.17) is 14.5 Å². The van der Waals surface area contributed by atoms with E-state index in [1.807, 2.05) is 6.07 Å². The topological polar surface area (TPSA) is 34.6 Å². The fourth-order valence-electron chi connectivity index (χ4n) is 3.85. The van der Waals surface area contributed by atoms with Crippen molar-refractivity contribution in [3.05, 3.63) is 42.1 Å². The van der Waals surface area contributed by atoms with Crippen LogP contribution in [0.1, 0.15) is 25.0 Å². The third kappa shape index (κ3) is 3.11. The molecule has 4 rings (SSSR count). The van der Waals surface area contributed by atoms with Gasteiger partial charge in [-0.1, -0.05) is 24.3 Å². The van der Waals surface area contributed by atoms with Gasteiger partial charge in [0.15, 0.2) is 0 Å². The van der Waals surface area contributed by atoms with Gasteiger partial charge < -0.3 is 9.47 Å². The fourth-order valence-corrected chi connectivity index (χ4v) is 3.85. The van der Waals surface area contributed by atoms with Gasteiger partial charge in [0.1, 0.15) is 0 Å². The summed E-state index contributed by atoms with van der Waals surface area (Å²) in [5.41, 5.74) is 2.30. The molecule has 0 N–H and O–H groups in total. The second-order valence-corrected chi connectivity index (χ2v) is 6.83. The van der Waals surface area contributed by atoms with Gasteiger partial charge in [-0.25, -0.2) is 0 Å². The summed E-state index contributed by atoms with van der Waals surface area (Å²) in [5, 5.41) is 1.21. The zero-order valence-corrected chi connectivity index (χ0v) is 13.7. The predicted molar refractivity (Wildman–Crippen MR) is 90.4 cm³/mol. The van der Waals surface area contributed by atoms with Crippen LogP contribution in [0.15, 0.2) is 36.4 Å². The first-order chi connectivity index (χ1) is 11.3. The lowest BCUT2D eigenvalue weighted by Crippen LogP contribution is -2.44. The Morgan fingerprint density at radius 3 is 2.83 bits per heavy atom. The monoisotopic (exact) mass is 312 g/mol. The number of piperidine rings is 1. The van der Waals surface area contributed by atoms with Crippen LogP contribution in [0.4, 0.5) is 0 Å². The number of rotatable bonds is 3. The van der Waals surface area contributed by atoms with Crippen LogP contribution in [0.3, 0.4) is 0 Å². The first-order valence-corrected chi connectivity index (χ1v) is 8.50. The van der Waals surface area contributed by atoms with Crippen LogP contribution >= 0.6 is 0 Å². The highest BCUT2D eigenvalue weighted by molar-refractivity contribution is 5.78. The molecule has 2 aliphatic heterocycles. The van der Waals surface area contributed by atoms with E-state index in [1.165, 1.54) is 5.39 Å². The lowest BCUT2D eigenvalue weighted by atomic mass is 9.88. The van der Waals surface area contributed by atoms with Gasteiger partial charge in [-0.15, -0.1) is 0 Å². The number of hydrogen-bond acceptors (Lipinski definition) is 4. The molecule has 0 aliphatic carbocycles. The van der Waals surface area contributed by atoms with Gasteiger partial charge in [0.25, 0.3) is 0 Å². The number of aromatic nitrogens is 1. The van der Waals surface area contributed by atoms with Crippen molar-refractivity contribution in [2.45, 2.75) is 37.5 Å². The number of likely N-dealkylation sites (tertiary alicyclic amines) is 1. The molecule has 0 saturated carbocycles. The number of benzene rings is 1. The Balaban J connectivity index is 1.39. The van der Waals surface area contributed by atoms with E-state index >= 15 is 0 Å². The third-order valence-corrected chi connectivity index (χ3v) is 5.32. The predicted octanol–water partition coefficient (Wildman–Crippen LogP) is 3.00. The SMILES string of the molecule is CO[C@H]1COC2(CCN(Cc3ccc4ccccc4n3)CC2)C1. The molecule has 1 atom stereocenters. The normalized spacial score (nSPS) is 24.5. The van der Waals surface area contributed by atoms with Gasteiger partial charge in [0, 0.05) is 38.6 Å². The Kier molecular flexibility index (Phi) is 4.05. The number of para-hydroxylation sites is 1. The van der Waals surface area contributed by atoms with Crippen LogP contribution in [-0.2, 0) is 16.0 Å². The zero-order chi connectivity index (χ0) is 15.7. The van der Waals surface area contributed by atoms with E-state index in [-0.39, 0.29) is 11.7 Å². The van der Waals surface area contributed by atoms with E-state index in [0.717, 1.165) is 56.7 Å². The third-order valence-electron chi connectivity index (χ3n) is 5.32. The molecule has 2 fully saturated rings. The van der Waals surface area contributed by atoms with Crippen LogP contribution in [0.25, 0.3) is 10.9 Å². The van der Waals surface area contributed by atoms with Crippen LogP contribution < -0.4 is 0 Å². The minimum atomic E-state index is 0.0635. The summed E-state index contributed by atoms with van der Waals surface area (Å²) in [6, 6.07) is 12.6. The van der Waals surface area contributed by atoms with Crippen molar-refractivity contribution < 1.29 is 9.47 Å². The molecule has 1 aromatic heterocycles. The van der Waals surface area contributed by atoms with Gasteiger partial charge in [-0.3, -0.25) is 9.88 Å². The van der Waals surface area contributed by atoms with Crippen molar-refractivity contribution in [1.82, 2.24) is 9.88 Å². The first kappa shape index (κ1) is 15.1. The summed E-state index contributed by atoms with van der Waals surface area (Å²) < 4.78 is 11.5. The molecule has 1 aromatic carbocycles. The highest BCUT2D eigenvalue weighted by Gasteiger charge is 2.42. The molecule has 0 bridgehead atoms. The summed E-state index contributed by atoms with van der Waals surface area (Å²) in [6.07, 6.45) is 3.52. The van der Waals surface area contributed by atoms with E-state index in [0.29, 0.717) is 0 Å². The van der Waals surface area contributed by atoms with Gasteiger partial charge >= 0.3 is 0 Å². The molecular weight excluding hydrogens is 288 g/mol. The molecule has 3 heterocycles. The molecule has 0 unspecified atom stereocenters. The molecular formula is C19H24N2O2. The van der Waals surface area contributed by atoms with E-state index < -0.39 is 0 Å². The van der Waals surface area contributed by atoms with Crippen LogP contribution in [0.5, 0.6) is 0 Å². The van der Waals surface area contributed by atoms with Crippen LogP contribution in [0, 0.1) is 0 Å². The number of pyridine rings is 1. The molecule has 2 saturated heterocycles. The maximum absolute atomic E-state index is 6.07. The molecule has 4 heteroatoms. The molecule has 2 aliphatic rings. The van der Waals surface area contributed by atoms with Crippen molar-refractivity contribution in [2.75, 3.05) is 26.8 Å². The Labute approximate surface area is 137 Å². The van der Waals surface area contributed by atoms with Crippen molar-refractivity contribution in [2.24, 2.45) is 0 Å². The highest BCUT2D eigenvalue weighted by Crippen LogP contribution is 2.37. The van der Waals surface area contributed by atoms with E-state index in [9.17, 15) is 0 Å². The molecule has 23 heavy (non-hydrogen) atoms. The Bertz CT molecular complexity index is 680. The maximum Gasteiger partial charge on any atom is 0.0832 e. The summed E-state index contributed by atoms with van der Waals surface area (Å²) in [6.45, 7) is 3.83. The smallest absolute Gasteiger partial charge is 0.0832 e. The lowest BCUT2D eigenvalue weighted by Gasteiger charge is -2.38. The second kappa shape index (κ2) is 6.19.